The van der Waals surface area contributed by atoms with E-state index < -0.39 is 5.97 Å². The molecule has 144 valence electrons. The monoisotopic (exact) mass is 391 g/mol. The number of hydrogen-bond acceptors (Lipinski definition) is 5. The Balaban J connectivity index is 1.72. The van der Waals surface area contributed by atoms with E-state index in [1.165, 1.54) is 12.4 Å². The van der Waals surface area contributed by atoms with Crippen LogP contribution in [0.5, 0.6) is 0 Å². The molecule has 8 nitrogen and oxygen atoms in total. The van der Waals surface area contributed by atoms with E-state index in [1.54, 1.807) is 16.5 Å². The molecule has 3 heterocycles. The molecule has 1 saturated heterocycles. The summed E-state index contributed by atoms with van der Waals surface area (Å²) >= 11 is 6.15. The lowest BCUT2D eigenvalue weighted by atomic mass is 10.0. The first kappa shape index (κ1) is 19.3. The average Bonchev–Trinajstić information content (AvgIpc) is 3.03. The smallest absolute Gasteiger partial charge is 0.339 e. The first-order valence-electron chi connectivity index (χ1n) is 8.88. The highest BCUT2D eigenvalue weighted by atomic mass is 35.5. The highest BCUT2D eigenvalue weighted by Crippen LogP contribution is 2.26. The van der Waals surface area contributed by atoms with E-state index in [0.717, 1.165) is 0 Å². The minimum Gasteiger partial charge on any atom is -0.478 e. The van der Waals surface area contributed by atoms with E-state index in [9.17, 15) is 14.7 Å². The van der Waals surface area contributed by atoms with Crippen LogP contribution < -0.4 is 0 Å². The maximum Gasteiger partial charge on any atom is 0.339 e. The lowest BCUT2D eigenvalue weighted by Crippen LogP contribution is -2.40. The second kappa shape index (κ2) is 7.64. The fourth-order valence-corrected chi connectivity index (χ4v) is 3.45. The van der Waals surface area contributed by atoms with Gasteiger partial charge in [0.2, 0.25) is 0 Å². The number of likely N-dealkylation sites (tertiary alicyclic amines) is 1. The average molecular weight is 392 g/mol. The van der Waals surface area contributed by atoms with Gasteiger partial charge in [0.15, 0.2) is 5.69 Å². The number of piperidine rings is 1. The number of amides is 1. The largest absolute Gasteiger partial charge is 0.478 e. The quantitative estimate of drug-likeness (QED) is 0.859. The Kier molecular flexibility index (Phi) is 5.46. The number of rotatable bonds is 4. The fraction of sp³-hybridized carbons (Fsp3) is 0.500. The summed E-state index contributed by atoms with van der Waals surface area (Å²) in [6.07, 6.45) is 4.23. The SMILES string of the molecule is Cc1c(C(=O)O)cnn1C1CCN(C(=O)c2nc(C(C)C)ncc2Cl)CC1. The van der Waals surface area contributed by atoms with Gasteiger partial charge in [-0.15, -0.1) is 0 Å². The maximum absolute atomic E-state index is 12.8. The van der Waals surface area contributed by atoms with Crippen LogP contribution in [-0.2, 0) is 0 Å². The summed E-state index contributed by atoms with van der Waals surface area (Å²) in [6, 6.07) is 0.0641. The van der Waals surface area contributed by atoms with Gasteiger partial charge in [-0.3, -0.25) is 9.48 Å². The second-order valence-corrected chi connectivity index (χ2v) is 7.40. The summed E-state index contributed by atoms with van der Waals surface area (Å²) in [6.45, 7) is 6.73. The normalized spacial score (nSPS) is 15.4. The van der Waals surface area contributed by atoms with E-state index >= 15 is 0 Å². The zero-order chi connectivity index (χ0) is 19.7. The Bertz CT molecular complexity index is 872. The molecule has 9 heteroatoms. The van der Waals surface area contributed by atoms with Gasteiger partial charge in [-0.05, 0) is 19.8 Å². The molecule has 0 saturated carbocycles. The number of carbonyl (C=O) groups is 2. The minimum absolute atomic E-state index is 0.0641. The van der Waals surface area contributed by atoms with Gasteiger partial charge < -0.3 is 10.0 Å². The van der Waals surface area contributed by atoms with Crippen LogP contribution in [0.2, 0.25) is 5.02 Å². The van der Waals surface area contributed by atoms with Crippen LogP contribution in [-0.4, -0.2) is 54.7 Å². The molecular formula is C18H22ClN5O3. The lowest BCUT2D eigenvalue weighted by molar-refractivity contribution is 0.0682. The van der Waals surface area contributed by atoms with Crippen LogP contribution in [0.25, 0.3) is 0 Å². The van der Waals surface area contributed by atoms with E-state index in [1.807, 2.05) is 13.8 Å². The molecule has 0 spiro atoms. The number of carboxylic acids is 1. The molecule has 2 aromatic rings. The number of carbonyl (C=O) groups excluding carboxylic acids is 1. The van der Waals surface area contributed by atoms with E-state index in [0.29, 0.717) is 37.4 Å². The van der Waals surface area contributed by atoms with Crippen molar-refractivity contribution < 1.29 is 14.7 Å². The molecular weight excluding hydrogens is 370 g/mol. The molecule has 0 unspecified atom stereocenters. The molecule has 1 amide bonds. The number of aromatic carboxylic acids is 1. The summed E-state index contributed by atoms with van der Waals surface area (Å²) in [5.41, 5.74) is 1.08. The fourth-order valence-electron chi connectivity index (χ4n) is 3.27. The van der Waals surface area contributed by atoms with Gasteiger partial charge >= 0.3 is 5.97 Å². The van der Waals surface area contributed by atoms with Crippen molar-refractivity contribution in [3.8, 4) is 0 Å². The summed E-state index contributed by atoms with van der Waals surface area (Å²) in [5, 5.41) is 13.6. The molecule has 0 atom stereocenters. The van der Waals surface area contributed by atoms with Crippen molar-refractivity contribution in [2.45, 2.75) is 45.6 Å². The number of nitrogens with zero attached hydrogens (tertiary/aromatic N) is 5. The molecule has 0 radical (unpaired) electrons. The van der Waals surface area contributed by atoms with Crippen LogP contribution >= 0.6 is 11.6 Å². The standard InChI is InChI=1S/C18H22ClN5O3/c1-10(2)16-20-9-14(19)15(22-16)17(25)23-6-4-12(5-7-23)24-11(3)13(8-21-24)18(26)27/h8-10,12H,4-7H2,1-3H3,(H,26,27). The van der Waals surface area contributed by atoms with Crippen molar-refractivity contribution in [1.29, 1.82) is 0 Å². The predicted octanol–water partition coefficient (Wildman–Crippen LogP) is 2.93. The van der Waals surface area contributed by atoms with Crippen molar-refractivity contribution in [3.05, 3.63) is 40.2 Å². The van der Waals surface area contributed by atoms with Crippen molar-refractivity contribution in [2.75, 3.05) is 13.1 Å². The third-order valence-electron chi connectivity index (χ3n) is 4.85. The number of aromatic nitrogens is 4. The first-order chi connectivity index (χ1) is 12.8. The van der Waals surface area contributed by atoms with Gasteiger partial charge in [-0.1, -0.05) is 25.4 Å². The van der Waals surface area contributed by atoms with E-state index in [-0.39, 0.29) is 34.1 Å². The Morgan fingerprint density at radius 1 is 1.26 bits per heavy atom. The summed E-state index contributed by atoms with van der Waals surface area (Å²) < 4.78 is 1.75. The molecule has 3 rings (SSSR count). The van der Waals surface area contributed by atoms with Crippen molar-refractivity contribution >= 4 is 23.5 Å². The van der Waals surface area contributed by atoms with Crippen LogP contribution in [0.4, 0.5) is 0 Å². The van der Waals surface area contributed by atoms with Crippen LogP contribution in [0, 0.1) is 6.92 Å². The Hall–Kier alpha value is -2.48. The van der Waals surface area contributed by atoms with Crippen molar-refractivity contribution in [2.24, 2.45) is 0 Å². The third-order valence-corrected chi connectivity index (χ3v) is 5.13. The number of hydrogen-bond donors (Lipinski definition) is 1. The lowest BCUT2D eigenvalue weighted by Gasteiger charge is -2.32. The Morgan fingerprint density at radius 2 is 1.93 bits per heavy atom. The molecule has 0 bridgehead atoms. The van der Waals surface area contributed by atoms with E-state index in [4.69, 9.17) is 11.6 Å². The highest BCUT2D eigenvalue weighted by Gasteiger charge is 2.29. The van der Waals surface area contributed by atoms with Gasteiger partial charge in [0.1, 0.15) is 11.4 Å². The predicted molar refractivity (Wildman–Crippen MR) is 99.2 cm³/mol. The van der Waals surface area contributed by atoms with Gasteiger partial charge in [-0.25, -0.2) is 14.8 Å². The van der Waals surface area contributed by atoms with Crippen molar-refractivity contribution in [1.82, 2.24) is 24.6 Å². The van der Waals surface area contributed by atoms with Crippen molar-refractivity contribution in [3.63, 3.8) is 0 Å². The van der Waals surface area contributed by atoms with E-state index in [2.05, 4.69) is 15.1 Å². The molecule has 1 aliphatic heterocycles. The molecule has 0 aliphatic carbocycles. The Morgan fingerprint density at radius 3 is 2.48 bits per heavy atom. The van der Waals surface area contributed by atoms with Gasteiger partial charge in [0.25, 0.3) is 5.91 Å². The molecule has 1 N–H and O–H groups in total. The topological polar surface area (TPSA) is 101 Å². The van der Waals surface area contributed by atoms with Gasteiger partial charge in [0, 0.05) is 19.0 Å². The molecule has 1 aliphatic rings. The zero-order valence-electron chi connectivity index (χ0n) is 15.5. The Labute approximate surface area is 162 Å². The van der Waals surface area contributed by atoms with Crippen LogP contribution in [0.1, 0.15) is 71.0 Å². The van der Waals surface area contributed by atoms with Crippen LogP contribution in [0.3, 0.4) is 0 Å². The molecule has 2 aromatic heterocycles. The second-order valence-electron chi connectivity index (χ2n) is 7.00. The van der Waals surface area contributed by atoms with Gasteiger partial charge in [0.05, 0.1) is 29.2 Å². The minimum atomic E-state index is -0.981. The molecule has 0 aromatic carbocycles. The maximum atomic E-state index is 12.8. The first-order valence-corrected chi connectivity index (χ1v) is 9.26. The molecule has 1 fully saturated rings. The van der Waals surface area contributed by atoms with Crippen LogP contribution in [0.15, 0.2) is 12.4 Å². The summed E-state index contributed by atoms with van der Waals surface area (Å²) in [4.78, 5) is 34.3. The number of halogens is 1. The third kappa shape index (κ3) is 3.80. The summed E-state index contributed by atoms with van der Waals surface area (Å²) in [7, 11) is 0. The number of carboxylic acid groups (broad SMARTS) is 1. The highest BCUT2D eigenvalue weighted by molar-refractivity contribution is 6.33. The molecule has 27 heavy (non-hydrogen) atoms. The zero-order valence-corrected chi connectivity index (χ0v) is 16.3. The van der Waals surface area contributed by atoms with Gasteiger partial charge in [-0.2, -0.15) is 5.10 Å². The summed E-state index contributed by atoms with van der Waals surface area (Å²) in [5.74, 6) is -0.492.